The molecule has 4 nitrogen and oxygen atoms in total. The Morgan fingerprint density at radius 1 is 0.867 bits per heavy atom. The third-order valence-corrected chi connectivity index (χ3v) is 6.24. The van der Waals surface area contributed by atoms with Gasteiger partial charge in [0.1, 0.15) is 17.3 Å². The third-order valence-electron chi connectivity index (χ3n) is 5.60. The van der Waals surface area contributed by atoms with Gasteiger partial charge < -0.3 is 9.84 Å². The highest BCUT2D eigenvalue weighted by atomic mass is 32.2. The van der Waals surface area contributed by atoms with Crippen molar-refractivity contribution in [1.82, 2.24) is 0 Å². The maximum atomic E-state index is 12.7. The van der Waals surface area contributed by atoms with Gasteiger partial charge in [0.05, 0.1) is 0 Å². The van der Waals surface area contributed by atoms with Crippen molar-refractivity contribution in [3.8, 4) is 0 Å². The molecule has 0 saturated heterocycles. The average molecular weight is 445 g/mol. The first-order valence-corrected chi connectivity index (χ1v) is 13.4. The number of carbonyl (C=O) groups is 2. The number of thioether (sulfide) groups is 1. The normalized spacial score (nSPS) is 13.4. The zero-order valence-electron chi connectivity index (χ0n) is 20.6. The van der Waals surface area contributed by atoms with E-state index in [9.17, 15) is 14.7 Å². The summed E-state index contributed by atoms with van der Waals surface area (Å²) in [5, 5.41) is 10.1. The van der Waals surface area contributed by atoms with Crippen LogP contribution in [-0.4, -0.2) is 46.0 Å². The summed E-state index contributed by atoms with van der Waals surface area (Å²) in [6, 6.07) is 0. The molecule has 1 N–H and O–H groups in total. The van der Waals surface area contributed by atoms with E-state index in [1.165, 1.54) is 71.6 Å². The minimum absolute atomic E-state index is 0.0381. The zero-order valence-corrected chi connectivity index (χ0v) is 21.4. The summed E-state index contributed by atoms with van der Waals surface area (Å²) >= 11 is 1.62. The minimum atomic E-state index is -1.46. The Morgan fingerprint density at radius 2 is 1.33 bits per heavy atom. The monoisotopic (exact) mass is 444 g/mol. The van der Waals surface area contributed by atoms with E-state index < -0.39 is 17.3 Å². The van der Waals surface area contributed by atoms with E-state index in [4.69, 9.17) is 4.74 Å². The predicted octanol–water partition coefficient (Wildman–Crippen LogP) is 6.51. The summed E-state index contributed by atoms with van der Waals surface area (Å²) in [5.74, 6) is 0.429. The molecular formula is C25H48O4S. The third kappa shape index (κ3) is 13.8. The van der Waals surface area contributed by atoms with Crippen molar-refractivity contribution in [2.45, 2.75) is 135 Å². The van der Waals surface area contributed by atoms with Crippen molar-refractivity contribution in [1.29, 1.82) is 0 Å². The van der Waals surface area contributed by atoms with Gasteiger partial charge in [0.25, 0.3) is 0 Å². The Bertz CT molecular complexity index is 468. The van der Waals surface area contributed by atoms with Crippen molar-refractivity contribution in [2.24, 2.45) is 0 Å². The number of carbonyl (C=O) groups excluding carboxylic acids is 2. The van der Waals surface area contributed by atoms with Gasteiger partial charge in [-0.2, -0.15) is 11.8 Å². The number of aliphatic hydroxyl groups is 1. The first-order chi connectivity index (χ1) is 14.1. The molecule has 0 heterocycles. The number of unbranched alkanes of at least 4 members (excludes halogenated alkanes) is 10. The highest BCUT2D eigenvalue weighted by molar-refractivity contribution is 7.98. The van der Waals surface area contributed by atoms with Crippen molar-refractivity contribution in [3.05, 3.63) is 0 Å². The van der Waals surface area contributed by atoms with Crippen LogP contribution in [0.4, 0.5) is 0 Å². The molecule has 1 unspecified atom stereocenters. The maximum absolute atomic E-state index is 12.7. The first kappa shape index (κ1) is 29.6. The zero-order chi connectivity index (χ0) is 23.0. The number of hydrogen-bond acceptors (Lipinski definition) is 5. The molecule has 0 aromatic rings. The van der Waals surface area contributed by atoms with Crippen molar-refractivity contribution in [3.63, 3.8) is 0 Å². The van der Waals surface area contributed by atoms with Crippen LogP contribution in [-0.2, 0) is 14.3 Å². The SMILES string of the molecule is CCCCCCCCCCCCCC(=O)C(C)(C)OC(CCSC)C(=O)C(C)(C)O. The molecule has 0 bridgehead atoms. The minimum Gasteiger partial charge on any atom is -0.383 e. The fraction of sp³-hybridized carbons (Fsp3) is 0.920. The molecule has 178 valence electrons. The lowest BCUT2D eigenvalue weighted by atomic mass is 9.94. The maximum Gasteiger partial charge on any atom is 0.192 e. The van der Waals surface area contributed by atoms with Crippen LogP contribution in [0.1, 0.15) is 118 Å². The average Bonchev–Trinajstić information content (AvgIpc) is 2.67. The van der Waals surface area contributed by atoms with Crippen molar-refractivity contribution >= 4 is 23.3 Å². The molecule has 30 heavy (non-hydrogen) atoms. The molecule has 5 heteroatoms. The molecule has 1 atom stereocenters. The van der Waals surface area contributed by atoms with Gasteiger partial charge in [-0.1, -0.05) is 71.1 Å². The molecule has 0 rings (SSSR count). The number of Topliss-reactive ketones (excluding diaryl/α,β-unsaturated/α-hetero) is 2. The lowest BCUT2D eigenvalue weighted by molar-refractivity contribution is -0.164. The molecule has 0 fully saturated rings. The van der Waals surface area contributed by atoms with E-state index in [0.29, 0.717) is 12.8 Å². The summed E-state index contributed by atoms with van der Waals surface area (Å²) in [6.45, 7) is 8.70. The summed E-state index contributed by atoms with van der Waals surface area (Å²) < 4.78 is 5.97. The molecule has 0 aromatic heterocycles. The standard InChI is InChI=1S/C25H48O4S/c1-7-8-9-10-11-12-13-14-15-16-17-18-22(26)25(4,5)29-21(19-20-30-6)23(27)24(2,3)28/h21,28H,7-20H2,1-6H3. The van der Waals surface area contributed by atoms with Gasteiger partial charge >= 0.3 is 0 Å². The Labute approximate surface area is 190 Å². The van der Waals surface area contributed by atoms with Crippen molar-refractivity contribution < 1.29 is 19.4 Å². The molecule has 0 aliphatic rings. The fourth-order valence-corrected chi connectivity index (χ4v) is 3.98. The smallest absolute Gasteiger partial charge is 0.192 e. The van der Waals surface area contributed by atoms with Gasteiger partial charge in [-0.05, 0) is 52.5 Å². The molecule has 0 aromatic carbocycles. The van der Waals surface area contributed by atoms with Crippen LogP contribution in [0.2, 0.25) is 0 Å². The number of hydrogen-bond donors (Lipinski definition) is 1. The highest BCUT2D eigenvalue weighted by Crippen LogP contribution is 2.23. The van der Waals surface area contributed by atoms with Gasteiger partial charge in [-0.3, -0.25) is 9.59 Å². The van der Waals surface area contributed by atoms with E-state index in [1.54, 1.807) is 25.6 Å². The molecule has 0 aliphatic heterocycles. The van der Waals surface area contributed by atoms with Crippen LogP contribution in [0.25, 0.3) is 0 Å². The fourth-order valence-electron chi connectivity index (χ4n) is 3.53. The van der Waals surface area contributed by atoms with Crippen LogP contribution in [0, 0.1) is 0 Å². The van der Waals surface area contributed by atoms with Crippen LogP contribution >= 0.6 is 11.8 Å². The van der Waals surface area contributed by atoms with Crippen LogP contribution < -0.4 is 0 Å². The topological polar surface area (TPSA) is 63.6 Å². The van der Waals surface area contributed by atoms with Gasteiger partial charge in [0, 0.05) is 6.42 Å². The summed E-state index contributed by atoms with van der Waals surface area (Å²) in [5.41, 5.74) is -2.47. The number of ketones is 2. The van der Waals surface area contributed by atoms with Gasteiger partial charge in [0.2, 0.25) is 0 Å². The van der Waals surface area contributed by atoms with Crippen LogP contribution in [0.15, 0.2) is 0 Å². The number of ether oxygens (including phenoxy) is 1. The van der Waals surface area contributed by atoms with E-state index in [-0.39, 0.29) is 11.6 Å². The van der Waals surface area contributed by atoms with Crippen molar-refractivity contribution in [2.75, 3.05) is 12.0 Å². The Hall–Kier alpha value is -0.390. The Kier molecular flexibility index (Phi) is 16.1. The second-order valence-corrected chi connectivity index (χ2v) is 10.5. The van der Waals surface area contributed by atoms with E-state index in [0.717, 1.165) is 18.6 Å². The lowest BCUT2D eigenvalue weighted by Crippen LogP contribution is -2.47. The first-order valence-electron chi connectivity index (χ1n) is 12.0. The quantitative estimate of drug-likeness (QED) is 0.217. The summed E-state index contributed by atoms with van der Waals surface area (Å²) in [7, 11) is 0. The Morgan fingerprint density at radius 3 is 1.77 bits per heavy atom. The van der Waals surface area contributed by atoms with E-state index >= 15 is 0 Å². The highest BCUT2D eigenvalue weighted by Gasteiger charge is 2.38. The lowest BCUT2D eigenvalue weighted by Gasteiger charge is -2.31. The van der Waals surface area contributed by atoms with E-state index in [1.807, 2.05) is 6.26 Å². The second-order valence-electron chi connectivity index (χ2n) is 9.53. The van der Waals surface area contributed by atoms with Gasteiger partial charge in [-0.15, -0.1) is 0 Å². The number of rotatable bonds is 20. The molecule has 0 spiro atoms. The van der Waals surface area contributed by atoms with E-state index in [2.05, 4.69) is 6.92 Å². The van der Waals surface area contributed by atoms with Gasteiger partial charge in [-0.25, -0.2) is 0 Å². The molecule has 0 amide bonds. The molecule has 0 radical (unpaired) electrons. The largest absolute Gasteiger partial charge is 0.383 e. The predicted molar refractivity (Wildman–Crippen MR) is 129 cm³/mol. The summed E-state index contributed by atoms with van der Waals surface area (Å²) in [4.78, 5) is 25.2. The van der Waals surface area contributed by atoms with Crippen LogP contribution in [0.5, 0.6) is 0 Å². The second kappa shape index (κ2) is 16.3. The summed E-state index contributed by atoms with van der Waals surface area (Å²) in [6.07, 6.45) is 15.9. The van der Waals surface area contributed by atoms with Gasteiger partial charge in [0.15, 0.2) is 11.6 Å². The molecular weight excluding hydrogens is 396 g/mol. The van der Waals surface area contributed by atoms with Crippen LogP contribution in [0.3, 0.4) is 0 Å². The Balaban J connectivity index is 4.21. The molecule has 0 aliphatic carbocycles. The molecule has 0 saturated carbocycles.